The first-order chi connectivity index (χ1) is 6.16. The van der Waals surface area contributed by atoms with E-state index in [1.807, 2.05) is 0 Å². The van der Waals surface area contributed by atoms with Crippen LogP contribution in [0.25, 0.3) is 0 Å². The SMILES string of the molecule is O=S1(=O)CCC(SC2NCCN2)C1. The number of hydrogen-bond donors (Lipinski definition) is 2. The van der Waals surface area contributed by atoms with Crippen molar-refractivity contribution in [2.75, 3.05) is 24.6 Å². The second-order valence-electron chi connectivity index (χ2n) is 3.45. The first kappa shape index (κ1) is 9.76. The van der Waals surface area contributed by atoms with Gasteiger partial charge >= 0.3 is 0 Å². The van der Waals surface area contributed by atoms with Gasteiger partial charge in [0.05, 0.1) is 11.5 Å². The van der Waals surface area contributed by atoms with Crippen molar-refractivity contribution in [3.63, 3.8) is 0 Å². The average molecular weight is 222 g/mol. The Morgan fingerprint density at radius 2 is 1.92 bits per heavy atom. The topological polar surface area (TPSA) is 58.2 Å². The molecule has 1 atom stereocenters. The molecule has 0 saturated carbocycles. The van der Waals surface area contributed by atoms with Crippen LogP contribution in [-0.4, -0.2) is 43.8 Å². The van der Waals surface area contributed by atoms with Crippen molar-refractivity contribution in [1.82, 2.24) is 10.6 Å². The number of sulfone groups is 1. The normalized spacial score (nSPS) is 34.0. The molecule has 13 heavy (non-hydrogen) atoms. The van der Waals surface area contributed by atoms with E-state index in [4.69, 9.17) is 0 Å². The lowest BCUT2D eigenvalue weighted by Crippen LogP contribution is -2.30. The molecular weight excluding hydrogens is 208 g/mol. The molecule has 0 amide bonds. The van der Waals surface area contributed by atoms with Gasteiger partial charge in [-0.15, -0.1) is 11.8 Å². The van der Waals surface area contributed by atoms with Gasteiger partial charge in [-0.2, -0.15) is 0 Å². The van der Waals surface area contributed by atoms with Gasteiger partial charge in [0.2, 0.25) is 0 Å². The second kappa shape index (κ2) is 3.76. The summed E-state index contributed by atoms with van der Waals surface area (Å²) in [5, 5.41) is 6.82. The molecule has 2 fully saturated rings. The maximum absolute atomic E-state index is 11.2. The summed E-state index contributed by atoms with van der Waals surface area (Å²) in [6, 6.07) is 0. The predicted molar refractivity (Wildman–Crippen MR) is 54.4 cm³/mol. The van der Waals surface area contributed by atoms with Crippen LogP contribution in [0.4, 0.5) is 0 Å². The van der Waals surface area contributed by atoms with Crippen LogP contribution >= 0.6 is 11.8 Å². The molecule has 0 aromatic carbocycles. The van der Waals surface area contributed by atoms with Crippen molar-refractivity contribution >= 4 is 21.6 Å². The Hall–Kier alpha value is 0.220. The summed E-state index contributed by atoms with van der Waals surface area (Å²) in [7, 11) is -2.71. The van der Waals surface area contributed by atoms with E-state index in [2.05, 4.69) is 10.6 Å². The van der Waals surface area contributed by atoms with E-state index in [0.29, 0.717) is 11.5 Å². The Labute approximate surface area is 82.8 Å². The molecule has 0 aromatic heterocycles. The monoisotopic (exact) mass is 222 g/mol. The van der Waals surface area contributed by atoms with Gasteiger partial charge < -0.3 is 0 Å². The van der Waals surface area contributed by atoms with E-state index in [0.717, 1.165) is 19.5 Å². The molecule has 0 spiro atoms. The maximum Gasteiger partial charge on any atom is 0.151 e. The van der Waals surface area contributed by atoms with Gasteiger partial charge in [0, 0.05) is 18.3 Å². The fourth-order valence-electron chi connectivity index (χ4n) is 1.64. The fraction of sp³-hybridized carbons (Fsp3) is 1.00. The molecular formula is C7H14N2O2S2. The molecule has 2 rings (SSSR count). The third-order valence-corrected chi connectivity index (χ3v) is 5.68. The van der Waals surface area contributed by atoms with E-state index < -0.39 is 9.84 Å². The van der Waals surface area contributed by atoms with E-state index in [9.17, 15) is 8.42 Å². The van der Waals surface area contributed by atoms with Gasteiger partial charge in [0.15, 0.2) is 9.84 Å². The Morgan fingerprint density at radius 3 is 2.46 bits per heavy atom. The van der Waals surface area contributed by atoms with Crippen LogP contribution in [0.5, 0.6) is 0 Å². The highest BCUT2D eigenvalue weighted by atomic mass is 32.2. The third-order valence-electron chi connectivity index (χ3n) is 2.30. The predicted octanol–water partition coefficient (Wildman–Crippen LogP) is -0.617. The quantitative estimate of drug-likeness (QED) is 0.652. The van der Waals surface area contributed by atoms with Crippen LogP contribution in [0.3, 0.4) is 0 Å². The van der Waals surface area contributed by atoms with Gasteiger partial charge in [-0.3, -0.25) is 10.6 Å². The lowest BCUT2D eigenvalue weighted by Gasteiger charge is -2.14. The fourth-order valence-corrected chi connectivity index (χ4v) is 5.33. The van der Waals surface area contributed by atoms with Crippen molar-refractivity contribution in [1.29, 1.82) is 0 Å². The molecule has 2 saturated heterocycles. The second-order valence-corrected chi connectivity index (χ2v) is 7.09. The summed E-state index contributed by atoms with van der Waals surface area (Å²) in [5.41, 5.74) is 0.262. The largest absolute Gasteiger partial charge is 0.292 e. The molecule has 2 N–H and O–H groups in total. The number of rotatable bonds is 2. The smallest absolute Gasteiger partial charge is 0.151 e. The lowest BCUT2D eigenvalue weighted by molar-refractivity contribution is 0.602. The van der Waals surface area contributed by atoms with Crippen LogP contribution in [0.1, 0.15) is 6.42 Å². The van der Waals surface area contributed by atoms with E-state index in [1.54, 1.807) is 11.8 Å². The molecule has 0 aliphatic carbocycles. The van der Waals surface area contributed by atoms with Crippen molar-refractivity contribution in [2.45, 2.75) is 17.2 Å². The summed E-state index contributed by atoms with van der Waals surface area (Å²) in [4.78, 5) is 0. The van der Waals surface area contributed by atoms with Gasteiger partial charge in [0.1, 0.15) is 5.50 Å². The third kappa shape index (κ3) is 2.59. The number of hydrogen-bond acceptors (Lipinski definition) is 5. The summed E-state index contributed by atoms with van der Waals surface area (Å²) < 4.78 is 22.3. The molecule has 76 valence electrons. The zero-order valence-corrected chi connectivity index (χ0v) is 8.96. The molecule has 6 heteroatoms. The minimum absolute atomic E-state index is 0.262. The molecule has 0 aromatic rings. The zero-order chi connectivity index (χ0) is 9.31. The summed E-state index contributed by atoms with van der Waals surface area (Å²) in [6.45, 7) is 1.97. The lowest BCUT2D eigenvalue weighted by atomic mass is 10.4. The highest BCUT2D eigenvalue weighted by Gasteiger charge is 2.30. The first-order valence-corrected chi connectivity index (χ1v) is 7.25. The van der Waals surface area contributed by atoms with Crippen LogP contribution in [0.2, 0.25) is 0 Å². The Kier molecular flexibility index (Phi) is 2.83. The van der Waals surface area contributed by atoms with Gasteiger partial charge in [-0.25, -0.2) is 8.42 Å². The van der Waals surface area contributed by atoms with Crippen LogP contribution in [0.15, 0.2) is 0 Å². The molecule has 2 aliphatic rings. The van der Waals surface area contributed by atoms with E-state index in [-0.39, 0.29) is 10.7 Å². The molecule has 0 bridgehead atoms. The number of nitrogens with one attached hydrogen (secondary N) is 2. The minimum Gasteiger partial charge on any atom is -0.292 e. The zero-order valence-electron chi connectivity index (χ0n) is 7.32. The van der Waals surface area contributed by atoms with Crippen LogP contribution in [0, 0.1) is 0 Å². The highest BCUT2D eigenvalue weighted by molar-refractivity contribution is 8.02. The van der Waals surface area contributed by atoms with Gasteiger partial charge in [0.25, 0.3) is 0 Å². The summed E-state index contributed by atoms with van der Waals surface area (Å²) in [5.74, 6) is 0.731. The standard InChI is InChI=1S/C7H14N2O2S2/c10-13(11)4-1-6(5-13)12-7-8-2-3-9-7/h6-9H,1-5H2. The molecule has 0 radical (unpaired) electrons. The highest BCUT2D eigenvalue weighted by Crippen LogP contribution is 2.26. The first-order valence-electron chi connectivity index (χ1n) is 4.48. The van der Waals surface area contributed by atoms with Crippen molar-refractivity contribution < 1.29 is 8.42 Å². The molecule has 2 heterocycles. The van der Waals surface area contributed by atoms with E-state index >= 15 is 0 Å². The molecule has 1 unspecified atom stereocenters. The van der Waals surface area contributed by atoms with Crippen molar-refractivity contribution in [2.24, 2.45) is 0 Å². The Bertz CT molecular complexity index is 272. The number of thioether (sulfide) groups is 1. The minimum atomic E-state index is -2.71. The maximum atomic E-state index is 11.2. The molecule has 4 nitrogen and oxygen atoms in total. The van der Waals surface area contributed by atoms with Crippen molar-refractivity contribution in [3.05, 3.63) is 0 Å². The van der Waals surface area contributed by atoms with Crippen LogP contribution < -0.4 is 10.6 Å². The van der Waals surface area contributed by atoms with E-state index in [1.165, 1.54) is 0 Å². The molecule has 2 aliphatic heterocycles. The van der Waals surface area contributed by atoms with Gasteiger partial charge in [-0.1, -0.05) is 0 Å². The Morgan fingerprint density at radius 1 is 1.23 bits per heavy atom. The average Bonchev–Trinajstić information content (AvgIpc) is 2.61. The van der Waals surface area contributed by atoms with Gasteiger partial charge in [-0.05, 0) is 6.42 Å². The summed E-state index contributed by atoms with van der Waals surface area (Å²) in [6.07, 6.45) is 0.812. The van der Waals surface area contributed by atoms with Crippen LogP contribution in [-0.2, 0) is 9.84 Å². The van der Waals surface area contributed by atoms with Crippen molar-refractivity contribution in [3.8, 4) is 0 Å². The summed E-state index contributed by atoms with van der Waals surface area (Å²) >= 11 is 1.72. The Balaban J connectivity index is 1.83.